The highest BCUT2D eigenvalue weighted by molar-refractivity contribution is 5.73. The first-order valence-corrected chi connectivity index (χ1v) is 10.4. The molecule has 4 atom stereocenters. The van der Waals surface area contributed by atoms with Gasteiger partial charge in [-0.2, -0.15) is 5.10 Å². The van der Waals surface area contributed by atoms with E-state index in [1.165, 1.54) is 49.9 Å². The predicted molar refractivity (Wildman–Crippen MR) is 102 cm³/mol. The lowest BCUT2D eigenvalue weighted by Gasteiger charge is -2.49. The molecule has 0 spiro atoms. The van der Waals surface area contributed by atoms with Crippen LogP contribution in [0.25, 0.3) is 0 Å². The molecule has 4 aliphatic rings. The average molecular weight is 360 g/mol. The monoisotopic (exact) mass is 359 g/mol. The van der Waals surface area contributed by atoms with Crippen LogP contribution in [0.1, 0.15) is 68.7 Å². The summed E-state index contributed by atoms with van der Waals surface area (Å²) in [6.07, 6.45) is 7.79. The van der Waals surface area contributed by atoms with E-state index in [0.29, 0.717) is 30.3 Å². The fraction of sp³-hybridized carbons (Fsp3) is 0.800. The largest absolute Gasteiger partial charge is 0.338 e. The molecule has 2 N–H and O–H groups in total. The minimum atomic E-state index is -0.0421. The Bertz CT molecular complexity index is 636. The smallest absolute Gasteiger partial charge is 0.314 e. The third-order valence-corrected chi connectivity index (χ3v) is 6.80. The topological polar surface area (TPSA) is 62.2 Å². The maximum absolute atomic E-state index is 11.7. The number of nitrogens with zero attached hydrogens (tertiary/aromatic N) is 3. The van der Waals surface area contributed by atoms with Gasteiger partial charge in [-0.15, -0.1) is 0 Å². The second kappa shape index (κ2) is 7.59. The Balaban J connectivity index is 1.40. The van der Waals surface area contributed by atoms with Crippen LogP contribution < -0.4 is 10.6 Å². The summed E-state index contributed by atoms with van der Waals surface area (Å²) in [5, 5.41) is 10.7. The summed E-state index contributed by atoms with van der Waals surface area (Å²) in [5.41, 5.74) is 2.75. The summed E-state index contributed by atoms with van der Waals surface area (Å²) in [5.74, 6) is 2.00. The van der Waals surface area contributed by atoms with Gasteiger partial charge in [0.25, 0.3) is 0 Å². The summed E-state index contributed by atoms with van der Waals surface area (Å²) in [6, 6.07) is 2.85. The maximum atomic E-state index is 11.7. The summed E-state index contributed by atoms with van der Waals surface area (Å²) >= 11 is 0. The molecular weight excluding hydrogens is 326 g/mol. The second-order valence-electron chi connectivity index (χ2n) is 8.38. The first kappa shape index (κ1) is 17.8. The molecule has 4 fully saturated rings. The SMILES string of the molecule is CCNC(=O)NC[C@H]1C[C@@H]2CCN1C[C@@H]2c1cc(C2CCCC2)nn1C. The second-order valence-corrected chi connectivity index (χ2v) is 8.38. The molecular formula is C20H33N5O. The Morgan fingerprint density at radius 1 is 1.27 bits per heavy atom. The molecule has 5 rings (SSSR count). The first-order chi connectivity index (χ1) is 12.7. The van der Waals surface area contributed by atoms with Crippen LogP contribution >= 0.6 is 0 Å². The third-order valence-electron chi connectivity index (χ3n) is 6.80. The highest BCUT2D eigenvalue weighted by Crippen LogP contribution is 2.43. The fourth-order valence-corrected chi connectivity index (χ4v) is 5.39. The van der Waals surface area contributed by atoms with Gasteiger partial charge >= 0.3 is 6.03 Å². The third kappa shape index (κ3) is 3.48. The quantitative estimate of drug-likeness (QED) is 0.849. The number of amides is 2. The molecule has 6 nitrogen and oxygen atoms in total. The first-order valence-electron chi connectivity index (χ1n) is 10.4. The number of piperidine rings is 3. The van der Waals surface area contributed by atoms with Gasteiger partial charge in [0.15, 0.2) is 0 Å². The van der Waals surface area contributed by atoms with Crippen molar-refractivity contribution in [1.82, 2.24) is 25.3 Å². The number of urea groups is 1. The van der Waals surface area contributed by atoms with Crippen LogP contribution in [0.15, 0.2) is 6.07 Å². The summed E-state index contributed by atoms with van der Waals surface area (Å²) in [7, 11) is 2.12. The van der Waals surface area contributed by atoms with Crippen molar-refractivity contribution in [3.05, 3.63) is 17.5 Å². The van der Waals surface area contributed by atoms with E-state index in [1.54, 1.807) is 0 Å². The van der Waals surface area contributed by atoms with Crippen molar-refractivity contribution < 1.29 is 4.79 Å². The molecule has 26 heavy (non-hydrogen) atoms. The molecule has 1 unspecified atom stereocenters. The van der Waals surface area contributed by atoms with Crippen LogP contribution in [-0.2, 0) is 7.05 Å². The van der Waals surface area contributed by atoms with Crippen molar-refractivity contribution in [2.24, 2.45) is 13.0 Å². The number of aromatic nitrogens is 2. The van der Waals surface area contributed by atoms with E-state index in [4.69, 9.17) is 5.10 Å². The van der Waals surface area contributed by atoms with Crippen LogP contribution in [0.3, 0.4) is 0 Å². The molecule has 2 amide bonds. The minimum absolute atomic E-state index is 0.0421. The van der Waals surface area contributed by atoms with Crippen molar-refractivity contribution in [1.29, 1.82) is 0 Å². The molecule has 3 saturated heterocycles. The van der Waals surface area contributed by atoms with Gasteiger partial charge in [-0.1, -0.05) is 12.8 Å². The number of carbonyl (C=O) groups excluding carboxylic acids is 1. The van der Waals surface area contributed by atoms with Crippen molar-refractivity contribution in [2.75, 3.05) is 26.2 Å². The van der Waals surface area contributed by atoms with Gasteiger partial charge in [0.1, 0.15) is 0 Å². The van der Waals surface area contributed by atoms with E-state index in [2.05, 4.69) is 33.3 Å². The van der Waals surface area contributed by atoms with E-state index in [0.717, 1.165) is 19.6 Å². The maximum Gasteiger partial charge on any atom is 0.314 e. The molecule has 1 aromatic heterocycles. The number of nitrogens with one attached hydrogen (secondary N) is 2. The average Bonchev–Trinajstić information content (AvgIpc) is 3.30. The van der Waals surface area contributed by atoms with Gasteiger partial charge in [0, 0.05) is 50.3 Å². The molecule has 144 valence electrons. The molecule has 2 bridgehead atoms. The van der Waals surface area contributed by atoms with Gasteiger partial charge in [-0.25, -0.2) is 4.79 Å². The van der Waals surface area contributed by atoms with Gasteiger partial charge in [0.2, 0.25) is 0 Å². The normalized spacial score (nSPS) is 31.3. The molecule has 1 saturated carbocycles. The number of hydrogen-bond acceptors (Lipinski definition) is 3. The van der Waals surface area contributed by atoms with Gasteiger partial charge in [-0.05, 0) is 51.1 Å². The minimum Gasteiger partial charge on any atom is -0.338 e. The van der Waals surface area contributed by atoms with E-state index < -0.39 is 0 Å². The van der Waals surface area contributed by atoms with Crippen LogP contribution in [0.4, 0.5) is 4.79 Å². The Morgan fingerprint density at radius 2 is 2.08 bits per heavy atom. The van der Waals surface area contributed by atoms with Crippen LogP contribution in [0.5, 0.6) is 0 Å². The van der Waals surface area contributed by atoms with Crippen molar-refractivity contribution in [3.63, 3.8) is 0 Å². The highest BCUT2D eigenvalue weighted by atomic mass is 16.2. The Kier molecular flexibility index (Phi) is 5.20. The lowest BCUT2D eigenvalue weighted by atomic mass is 9.74. The molecule has 0 radical (unpaired) electrons. The van der Waals surface area contributed by atoms with Gasteiger partial charge in [-0.3, -0.25) is 9.58 Å². The fourth-order valence-electron chi connectivity index (χ4n) is 5.39. The van der Waals surface area contributed by atoms with Crippen LogP contribution in [0.2, 0.25) is 0 Å². The van der Waals surface area contributed by atoms with E-state index in [1.807, 2.05) is 6.92 Å². The van der Waals surface area contributed by atoms with Crippen molar-refractivity contribution >= 4 is 6.03 Å². The molecule has 6 heteroatoms. The van der Waals surface area contributed by atoms with E-state index >= 15 is 0 Å². The number of aryl methyl sites for hydroxylation is 1. The van der Waals surface area contributed by atoms with E-state index in [-0.39, 0.29) is 6.03 Å². The number of hydrogen-bond donors (Lipinski definition) is 2. The molecule has 0 aromatic carbocycles. The number of rotatable bonds is 5. The Hall–Kier alpha value is -1.56. The molecule has 1 aromatic rings. The molecule has 1 aliphatic carbocycles. The standard InChI is InChI=1S/C20H33N5O/c1-3-21-20(26)22-12-16-10-15-8-9-25(16)13-17(15)19-11-18(23-24(19)2)14-6-4-5-7-14/h11,14-17H,3-10,12-13H2,1-2H3,(H2,21,22,26)/t15-,16+,17-/m0/s1. The lowest BCUT2D eigenvalue weighted by molar-refractivity contribution is 0.0294. The Morgan fingerprint density at radius 3 is 2.77 bits per heavy atom. The van der Waals surface area contributed by atoms with Crippen molar-refractivity contribution in [3.8, 4) is 0 Å². The van der Waals surface area contributed by atoms with Crippen LogP contribution in [-0.4, -0.2) is 52.9 Å². The van der Waals surface area contributed by atoms with Crippen molar-refractivity contribution in [2.45, 2.75) is 63.3 Å². The molecule has 3 aliphatic heterocycles. The Labute approximate surface area is 156 Å². The van der Waals surface area contributed by atoms with Gasteiger partial charge in [0.05, 0.1) is 5.69 Å². The lowest BCUT2D eigenvalue weighted by Crippen LogP contribution is -2.56. The predicted octanol–water partition coefficient (Wildman–Crippen LogP) is 2.57. The summed E-state index contributed by atoms with van der Waals surface area (Å²) in [4.78, 5) is 14.3. The van der Waals surface area contributed by atoms with Gasteiger partial charge < -0.3 is 10.6 Å². The van der Waals surface area contributed by atoms with Crippen LogP contribution in [0, 0.1) is 5.92 Å². The molecule has 4 heterocycles. The number of carbonyl (C=O) groups is 1. The highest BCUT2D eigenvalue weighted by Gasteiger charge is 2.42. The zero-order chi connectivity index (χ0) is 18.1. The zero-order valence-electron chi connectivity index (χ0n) is 16.2. The number of fused-ring (bicyclic) bond motifs is 3. The zero-order valence-corrected chi connectivity index (χ0v) is 16.2. The summed E-state index contributed by atoms with van der Waals surface area (Å²) < 4.78 is 2.15. The summed E-state index contributed by atoms with van der Waals surface area (Å²) in [6.45, 7) is 5.65. The van der Waals surface area contributed by atoms with E-state index in [9.17, 15) is 4.79 Å².